The van der Waals surface area contributed by atoms with E-state index in [0.717, 1.165) is 9.35 Å². The van der Waals surface area contributed by atoms with E-state index in [1.807, 2.05) is 11.4 Å². The summed E-state index contributed by atoms with van der Waals surface area (Å²) in [5.74, 6) is -0.606. The smallest absolute Gasteiger partial charge is 0.263 e. The van der Waals surface area contributed by atoms with Crippen molar-refractivity contribution < 1.29 is 9.59 Å². The van der Waals surface area contributed by atoms with Crippen LogP contribution in [0.15, 0.2) is 34.1 Å². The molecule has 0 spiro atoms. The maximum atomic E-state index is 12.3. The number of anilines is 1. The van der Waals surface area contributed by atoms with Crippen molar-refractivity contribution in [3.05, 3.63) is 50.1 Å². The van der Waals surface area contributed by atoms with E-state index >= 15 is 0 Å². The Kier molecular flexibility index (Phi) is 2.91. The van der Waals surface area contributed by atoms with Gasteiger partial charge in [-0.25, -0.2) is 0 Å². The van der Waals surface area contributed by atoms with Gasteiger partial charge in [0.05, 0.1) is 17.7 Å². The summed E-state index contributed by atoms with van der Waals surface area (Å²) in [5, 5.41) is 1.91. The van der Waals surface area contributed by atoms with Crippen molar-refractivity contribution in [2.75, 3.05) is 5.73 Å². The lowest BCUT2D eigenvalue weighted by Gasteiger charge is -2.12. The Morgan fingerprint density at radius 2 is 2.00 bits per heavy atom. The molecule has 0 atom stereocenters. The summed E-state index contributed by atoms with van der Waals surface area (Å²) in [6.07, 6.45) is 0. The predicted octanol–water partition coefficient (Wildman–Crippen LogP) is 2.89. The Labute approximate surface area is 122 Å². The van der Waals surface area contributed by atoms with Crippen LogP contribution in [0.3, 0.4) is 0 Å². The molecule has 1 aromatic heterocycles. The molecule has 2 heterocycles. The maximum Gasteiger partial charge on any atom is 0.263 e. The second-order valence-corrected chi connectivity index (χ2v) is 6.01. The fourth-order valence-corrected chi connectivity index (χ4v) is 3.55. The fourth-order valence-electron chi connectivity index (χ4n) is 2.08. The number of thiophene rings is 1. The molecular formula is C13H9BrN2O2S. The number of carbonyl (C=O) groups excluding carboxylic acids is 2. The number of rotatable bonds is 2. The molecule has 2 amide bonds. The highest BCUT2D eigenvalue weighted by molar-refractivity contribution is 9.10. The number of amides is 2. The first-order chi connectivity index (χ1) is 9.09. The lowest BCUT2D eigenvalue weighted by atomic mass is 10.1. The molecule has 0 unspecified atom stereocenters. The number of nitrogens with zero attached hydrogens (tertiary/aromatic N) is 1. The van der Waals surface area contributed by atoms with Gasteiger partial charge >= 0.3 is 0 Å². The van der Waals surface area contributed by atoms with Crippen molar-refractivity contribution in [1.82, 2.24) is 4.90 Å². The van der Waals surface area contributed by atoms with Crippen LogP contribution in [0.2, 0.25) is 0 Å². The third kappa shape index (κ3) is 1.87. The highest BCUT2D eigenvalue weighted by Gasteiger charge is 2.37. The van der Waals surface area contributed by atoms with Crippen molar-refractivity contribution in [3.63, 3.8) is 0 Å². The van der Waals surface area contributed by atoms with Crippen LogP contribution in [0.4, 0.5) is 5.69 Å². The van der Waals surface area contributed by atoms with Gasteiger partial charge in [-0.3, -0.25) is 14.5 Å². The molecule has 1 aromatic carbocycles. The maximum absolute atomic E-state index is 12.3. The van der Waals surface area contributed by atoms with Crippen LogP contribution >= 0.6 is 27.3 Å². The van der Waals surface area contributed by atoms with Crippen molar-refractivity contribution in [1.29, 1.82) is 0 Å². The number of nitrogens with two attached hydrogens (primary N) is 1. The number of fused-ring (bicyclic) bond motifs is 1. The van der Waals surface area contributed by atoms with E-state index in [1.165, 1.54) is 16.2 Å². The molecule has 0 saturated carbocycles. The molecule has 4 nitrogen and oxygen atoms in total. The Balaban J connectivity index is 1.99. The monoisotopic (exact) mass is 336 g/mol. The third-order valence-corrected chi connectivity index (χ3v) is 4.94. The van der Waals surface area contributed by atoms with E-state index in [-0.39, 0.29) is 18.4 Å². The van der Waals surface area contributed by atoms with Crippen LogP contribution in [0, 0.1) is 0 Å². The van der Waals surface area contributed by atoms with Crippen molar-refractivity contribution in [2.24, 2.45) is 0 Å². The van der Waals surface area contributed by atoms with Crippen molar-refractivity contribution in [3.8, 4) is 0 Å². The van der Waals surface area contributed by atoms with Gasteiger partial charge in [0.1, 0.15) is 0 Å². The molecule has 0 aliphatic carbocycles. The van der Waals surface area contributed by atoms with E-state index in [1.54, 1.807) is 18.2 Å². The average Bonchev–Trinajstić information content (AvgIpc) is 2.88. The van der Waals surface area contributed by atoms with Gasteiger partial charge in [-0.1, -0.05) is 6.07 Å². The largest absolute Gasteiger partial charge is 0.398 e. The Hall–Kier alpha value is -1.66. The van der Waals surface area contributed by atoms with Gasteiger partial charge < -0.3 is 5.73 Å². The highest BCUT2D eigenvalue weighted by atomic mass is 79.9. The lowest BCUT2D eigenvalue weighted by molar-refractivity contribution is 0.0644. The quantitative estimate of drug-likeness (QED) is 0.677. The zero-order valence-electron chi connectivity index (χ0n) is 9.72. The second-order valence-electron chi connectivity index (χ2n) is 4.16. The molecule has 3 rings (SSSR count). The standard InChI is InChI=1S/C13H9BrN2O2S/c14-8-4-5-19-10(8)6-16-12(17)7-2-1-3-9(15)11(7)13(16)18/h1-5H,6,15H2. The number of imide groups is 1. The first-order valence-electron chi connectivity index (χ1n) is 5.56. The second kappa shape index (κ2) is 4.47. The first-order valence-corrected chi connectivity index (χ1v) is 7.23. The van der Waals surface area contributed by atoms with Crippen molar-refractivity contribution in [2.45, 2.75) is 6.54 Å². The molecule has 2 aromatic rings. The summed E-state index contributed by atoms with van der Waals surface area (Å²) >= 11 is 4.90. The molecule has 6 heteroatoms. The number of carbonyl (C=O) groups is 2. The Bertz CT molecular complexity index is 696. The molecule has 0 bridgehead atoms. The fraction of sp³-hybridized carbons (Fsp3) is 0.0769. The molecule has 0 radical (unpaired) electrons. The summed E-state index contributed by atoms with van der Waals surface area (Å²) in [5.41, 5.74) is 6.84. The summed E-state index contributed by atoms with van der Waals surface area (Å²) in [4.78, 5) is 26.7. The number of hydrogen-bond donors (Lipinski definition) is 1. The van der Waals surface area contributed by atoms with Crippen LogP contribution < -0.4 is 5.73 Å². The molecule has 0 saturated heterocycles. The Morgan fingerprint density at radius 1 is 1.21 bits per heavy atom. The van der Waals surface area contributed by atoms with Crippen LogP contribution in [-0.2, 0) is 6.54 Å². The molecule has 96 valence electrons. The van der Waals surface area contributed by atoms with Gasteiger partial charge in [0, 0.05) is 15.0 Å². The number of nitrogen functional groups attached to an aromatic ring is 1. The molecule has 1 aliphatic rings. The van der Waals surface area contributed by atoms with Gasteiger partial charge in [0.15, 0.2) is 0 Å². The third-order valence-electron chi connectivity index (χ3n) is 3.02. The summed E-state index contributed by atoms with van der Waals surface area (Å²) in [6, 6.07) is 6.85. The number of hydrogen-bond acceptors (Lipinski definition) is 4. The summed E-state index contributed by atoms with van der Waals surface area (Å²) < 4.78 is 0.905. The molecule has 19 heavy (non-hydrogen) atoms. The van der Waals surface area contributed by atoms with E-state index in [4.69, 9.17) is 5.73 Å². The molecule has 0 fully saturated rings. The molecule has 2 N–H and O–H groups in total. The van der Waals surface area contributed by atoms with E-state index in [9.17, 15) is 9.59 Å². The van der Waals surface area contributed by atoms with Crippen LogP contribution in [0.5, 0.6) is 0 Å². The summed E-state index contributed by atoms with van der Waals surface area (Å²) in [7, 11) is 0. The number of benzene rings is 1. The van der Waals surface area contributed by atoms with Gasteiger partial charge in [-0.15, -0.1) is 11.3 Å². The minimum Gasteiger partial charge on any atom is -0.398 e. The number of halogens is 1. The topological polar surface area (TPSA) is 63.4 Å². The average molecular weight is 337 g/mol. The van der Waals surface area contributed by atoms with Crippen LogP contribution in [0.25, 0.3) is 0 Å². The normalized spacial score (nSPS) is 14.1. The van der Waals surface area contributed by atoms with Gasteiger partial charge in [-0.05, 0) is 39.5 Å². The molecular weight excluding hydrogens is 328 g/mol. The first kappa shape index (κ1) is 12.4. The van der Waals surface area contributed by atoms with E-state index in [0.29, 0.717) is 16.8 Å². The lowest BCUT2D eigenvalue weighted by Crippen LogP contribution is -2.28. The van der Waals surface area contributed by atoms with Gasteiger partial charge in [-0.2, -0.15) is 0 Å². The SMILES string of the molecule is Nc1cccc2c1C(=O)N(Cc1sccc1Br)C2=O. The summed E-state index contributed by atoms with van der Waals surface area (Å²) in [6.45, 7) is 0.268. The van der Waals surface area contributed by atoms with E-state index in [2.05, 4.69) is 15.9 Å². The zero-order valence-corrected chi connectivity index (χ0v) is 12.1. The van der Waals surface area contributed by atoms with Crippen LogP contribution in [0.1, 0.15) is 25.6 Å². The van der Waals surface area contributed by atoms with Gasteiger partial charge in [0.2, 0.25) is 0 Å². The minimum atomic E-state index is -0.321. The highest BCUT2D eigenvalue weighted by Crippen LogP contribution is 2.31. The predicted molar refractivity (Wildman–Crippen MR) is 77.1 cm³/mol. The Morgan fingerprint density at radius 3 is 2.63 bits per heavy atom. The molecule has 1 aliphatic heterocycles. The minimum absolute atomic E-state index is 0.268. The van der Waals surface area contributed by atoms with Gasteiger partial charge in [0.25, 0.3) is 11.8 Å². The van der Waals surface area contributed by atoms with E-state index < -0.39 is 0 Å². The zero-order chi connectivity index (χ0) is 13.6. The van der Waals surface area contributed by atoms with Crippen LogP contribution in [-0.4, -0.2) is 16.7 Å². The van der Waals surface area contributed by atoms with Crippen molar-refractivity contribution >= 4 is 44.8 Å².